The molecule has 0 aliphatic carbocycles. The first-order valence-corrected chi connectivity index (χ1v) is 8.13. The van der Waals surface area contributed by atoms with Crippen molar-refractivity contribution in [1.82, 2.24) is 9.62 Å². The minimum atomic E-state index is -4.05. The summed E-state index contributed by atoms with van der Waals surface area (Å²) in [6.45, 7) is 2.59. The largest absolute Gasteiger partial charge is 0.478 e. The predicted molar refractivity (Wildman–Crippen MR) is 74.2 cm³/mol. The predicted octanol–water partition coefficient (Wildman–Crippen LogP) is 0.898. The molecule has 0 amide bonds. The van der Waals surface area contributed by atoms with E-state index in [9.17, 15) is 17.6 Å². The summed E-state index contributed by atoms with van der Waals surface area (Å²) in [5.74, 6) is -2.27. The lowest BCUT2D eigenvalue weighted by Gasteiger charge is -2.15. The zero-order chi connectivity index (χ0) is 15.5. The van der Waals surface area contributed by atoms with Crippen LogP contribution in [0.4, 0.5) is 4.39 Å². The van der Waals surface area contributed by atoms with Gasteiger partial charge in [-0.25, -0.2) is 22.3 Å². The number of hydrogen-bond acceptors (Lipinski definition) is 4. The molecule has 0 spiro atoms. The second-order valence-electron chi connectivity index (χ2n) is 4.90. The maximum atomic E-state index is 13.6. The number of benzene rings is 1. The van der Waals surface area contributed by atoms with Crippen molar-refractivity contribution < 1.29 is 22.7 Å². The zero-order valence-electron chi connectivity index (χ0n) is 11.4. The Morgan fingerprint density at radius 2 is 2.00 bits per heavy atom. The summed E-state index contributed by atoms with van der Waals surface area (Å²) in [6, 6.07) is 2.70. The van der Waals surface area contributed by atoms with Crippen LogP contribution < -0.4 is 4.72 Å². The number of aromatic carboxylic acids is 1. The highest BCUT2D eigenvalue weighted by molar-refractivity contribution is 7.89. The van der Waals surface area contributed by atoms with Crippen LogP contribution in [-0.2, 0) is 10.0 Å². The topological polar surface area (TPSA) is 86.7 Å². The molecule has 2 rings (SSSR count). The van der Waals surface area contributed by atoms with Gasteiger partial charge in [-0.3, -0.25) is 0 Å². The van der Waals surface area contributed by atoms with Crippen molar-refractivity contribution in [3.63, 3.8) is 0 Å². The SMILES string of the molecule is O=C(O)c1ccc(F)c(S(=O)(=O)NCCN2CCCC2)c1. The van der Waals surface area contributed by atoms with E-state index in [4.69, 9.17) is 5.11 Å². The van der Waals surface area contributed by atoms with E-state index in [1.807, 2.05) is 0 Å². The van der Waals surface area contributed by atoms with E-state index in [0.717, 1.165) is 44.1 Å². The number of hydrogen-bond donors (Lipinski definition) is 2. The van der Waals surface area contributed by atoms with Crippen LogP contribution in [0.25, 0.3) is 0 Å². The van der Waals surface area contributed by atoms with Gasteiger partial charge in [0.2, 0.25) is 10.0 Å². The molecule has 21 heavy (non-hydrogen) atoms. The Labute approximate surface area is 122 Å². The third-order valence-electron chi connectivity index (χ3n) is 3.39. The first kappa shape index (κ1) is 15.9. The molecule has 0 unspecified atom stereocenters. The summed E-state index contributed by atoms with van der Waals surface area (Å²) in [5.41, 5.74) is -0.267. The molecule has 1 fully saturated rings. The summed E-state index contributed by atoms with van der Waals surface area (Å²) in [6.07, 6.45) is 2.20. The van der Waals surface area contributed by atoms with E-state index in [1.54, 1.807) is 0 Å². The van der Waals surface area contributed by atoms with Gasteiger partial charge in [-0.2, -0.15) is 0 Å². The first-order chi connectivity index (χ1) is 9.90. The van der Waals surface area contributed by atoms with E-state index in [0.29, 0.717) is 6.54 Å². The number of carboxylic acids is 1. The number of sulfonamides is 1. The fraction of sp³-hybridized carbons (Fsp3) is 0.462. The molecule has 1 aliphatic rings. The highest BCUT2D eigenvalue weighted by Crippen LogP contribution is 2.16. The van der Waals surface area contributed by atoms with E-state index in [-0.39, 0.29) is 12.1 Å². The van der Waals surface area contributed by atoms with Crippen LogP contribution in [0.15, 0.2) is 23.1 Å². The molecule has 8 heteroatoms. The van der Waals surface area contributed by atoms with Gasteiger partial charge in [0, 0.05) is 13.1 Å². The number of carboxylic acid groups (broad SMARTS) is 1. The molecule has 0 radical (unpaired) electrons. The Balaban J connectivity index is 2.07. The van der Waals surface area contributed by atoms with Crippen molar-refractivity contribution in [3.05, 3.63) is 29.6 Å². The Morgan fingerprint density at radius 3 is 2.62 bits per heavy atom. The fourth-order valence-corrected chi connectivity index (χ4v) is 3.39. The average Bonchev–Trinajstić information content (AvgIpc) is 2.91. The van der Waals surface area contributed by atoms with Gasteiger partial charge in [-0.15, -0.1) is 0 Å². The van der Waals surface area contributed by atoms with E-state index in [1.165, 1.54) is 0 Å². The number of likely N-dealkylation sites (tertiary alicyclic amines) is 1. The van der Waals surface area contributed by atoms with E-state index >= 15 is 0 Å². The van der Waals surface area contributed by atoms with Crippen molar-refractivity contribution in [2.45, 2.75) is 17.7 Å². The quantitative estimate of drug-likeness (QED) is 0.814. The molecule has 0 atom stereocenters. The van der Waals surface area contributed by atoms with Crippen LogP contribution in [0.5, 0.6) is 0 Å². The Morgan fingerprint density at radius 1 is 1.33 bits per heavy atom. The lowest BCUT2D eigenvalue weighted by Crippen LogP contribution is -2.33. The Hall–Kier alpha value is -1.51. The van der Waals surface area contributed by atoms with Crippen molar-refractivity contribution in [1.29, 1.82) is 0 Å². The summed E-state index contributed by atoms with van der Waals surface area (Å²) in [5, 5.41) is 8.84. The van der Waals surface area contributed by atoms with Crippen LogP contribution in [0, 0.1) is 5.82 Å². The van der Waals surface area contributed by atoms with Crippen LogP contribution in [-0.4, -0.2) is 50.6 Å². The molecule has 1 aromatic carbocycles. The monoisotopic (exact) mass is 316 g/mol. The van der Waals surface area contributed by atoms with Crippen molar-refractivity contribution >= 4 is 16.0 Å². The van der Waals surface area contributed by atoms with Crippen LogP contribution >= 0.6 is 0 Å². The summed E-state index contributed by atoms with van der Waals surface area (Å²) >= 11 is 0. The maximum absolute atomic E-state index is 13.6. The van der Waals surface area contributed by atoms with Gasteiger partial charge in [0.1, 0.15) is 10.7 Å². The van der Waals surface area contributed by atoms with Gasteiger partial charge < -0.3 is 10.0 Å². The molecule has 1 saturated heterocycles. The number of nitrogens with one attached hydrogen (secondary N) is 1. The molecule has 1 aromatic rings. The number of halogens is 1. The summed E-state index contributed by atoms with van der Waals surface area (Å²) in [7, 11) is -4.05. The van der Waals surface area contributed by atoms with Crippen LogP contribution in [0.2, 0.25) is 0 Å². The molecule has 0 bridgehead atoms. The number of nitrogens with zero attached hydrogens (tertiary/aromatic N) is 1. The molecule has 6 nitrogen and oxygen atoms in total. The summed E-state index contributed by atoms with van der Waals surface area (Å²) < 4.78 is 40.0. The Bertz CT molecular complexity index is 627. The van der Waals surface area contributed by atoms with Gasteiger partial charge >= 0.3 is 5.97 Å². The number of rotatable bonds is 6. The second-order valence-corrected chi connectivity index (χ2v) is 6.63. The van der Waals surface area contributed by atoms with Crippen molar-refractivity contribution in [3.8, 4) is 0 Å². The van der Waals surface area contributed by atoms with Crippen molar-refractivity contribution in [2.75, 3.05) is 26.2 Å². The minimum absolute atomic E-state index is 0.166. The van der Waals surface area contributed by atoms with Gasteiger partial charge in [-0.1, -0.05) is 0 Å². The molecular formula is C13H17FN2O4S. The minimum Gasteiger partial charge on any atom is -0.478 e. The summed E-state index contributed by atoms with van der Waals surface area (Å²) in [4.78, 5) is 12.3. The van der Waals surface area contributed by atoms with E-state index in [2.05, 4.69) is 9.62 Å². The molecule has 1 aliphatic heterocycles. The lowest BCUT2D eigenvalue weighted by molar-refractivity contribution is 0.0696. The highest BCUT2D eigenvalue weighted by Gasteiger charge is 2.21. The standard InChI is InChI=1S/C13H17FN2O4S/c14-11-4-3-10(13(17)18)9-12(11)21(19,20)15-5-8-16-6-1-2-7-16/h3-4,9,15H,1-2,5-8H2,(H,17,18). The molecule has 1 heterocycles. The van der Waals surface area contributed by atoms with Gasteiger partial charge in [0.25, 0.3) is 0 Å². The molecule has 0 saturated carbocycles. The molecule has 2 N–H and O–H groups in total. The zero-order valence-corrected chi connectivity index (χ0v) is 12.2. The molecule has 116 valence electrons. The number of carbonyl (C=O) groups is 1. The Kier molecular flexibility index (Phi) is 4.92. The van der Waals surface area contributed by atoms with Crippen LogP contribution in [0.1, 0.15) is 23.2 Å². The lowest BCUT2D eigenvalue weighted by atomic mass is 10.2. The van der Waals surface area contributed by atoms with Gasteiger partial charge in [0.05, 0.1) is 5.56 Å². The second kappa shape index (κ2) is 6.50. The maximum Gasteiger partial charge on any atom is 0.335 e. The van der Waals surface area contributed by atoms with Gasteiger partial charge in [0.15, 0.2) is 0 Å². The third kappa shape index (κ3) is 3.99. The average molecular weight is 316 g/mol. The highest BCUT2D eigenvalue weighted by atomic mass is 32.2. The van der Waals surface area contributed by atoms with Crippen LogP contribution in [0.3, 0.4) is 0 Å². The normalized spacial score (nSPS) is 16.2. The third-order valence-corrected chi connectivity index (χ3v) is 4.86. The molecular weight excluding hydrogens is 299 g/mol. The van der Waals surface area contributed by atoms with E-state index < -0.39 is 26.7 Å². The van der Waals surface area contributed by atoms with Crippen molar-refractivity contribution in [2.24, 2.45) is 0 Å². The smallest absolute Gasteiger partial charge is 0.335 e. The van der Waals surface area contributed by atoms with Gasteiger partial charge in [-0.05, 0) is 44.1 Å². The fourth-order valence-electron chi connectivity index (χ4n) is 2.26. The molecule has 0 aromatic heterocycles. The first-order valence-electron chi connectivity index (χ1n) is 6.65.